The highest BCUT2D eigenvalue weighted by molar-refractivity contribution is 7.80. The van der Waals surface area contributed by atoms with Crippen LogP contribution in [-0.4, -0.2) is 5.11 Å². The second-order valence-corrected chi connectivity index (χ2v) is 4.87. The zero-order chi connectivity index (χ0) is 12.3. The van der Waals surface area contributed by atoms with E-state index in [0.717, 1.165) is 6.42 Å². The maximum atomic E-state index is 9.23. The number of rotatable bonds is 3. The summed E-state index contributed by atoms with van der Waals surface area (Å²) >= 11 is 4.66. The summed E-state index contributed by atoms with van der Waals surface area (Å²) in [7, 11) is 0. The molecule has 0 saturated carbocycles. The maximum Gasteiger partial charge on any atom is 0.115 e. The molecular formula is C15H16OS. The molecular weight excluding hydrogens is 228 g/mol. The van der Waals surface area contributed by atoms with Crippen molar-refractivity contribution in [2.75, 3.05) is 0 Å². The molecule has 0 radical (unpaired) electrons. The molecule has 0 aliphatic heterocycles. The van der Waals surface area contributed by atoms with Gasteiger partial charge in [0.1, 0.15) is 5.75 Å². The predicted octanol–water partition coefficient (Wildman–Crippen LogP) is 3.91. The third-order valence-corrected chi connectivity index (χ3v) is 3.37. The second-order valence-electron chi connectivity index (χ2n) is 4.24. The molecule has 0 amide bonds. The van der Waals surface area contributed by atoms with Crippen molar-refractivity contribution in [1.29, 1.82) is 0 Å². The summed E-state index contributed by atoms with van der Waals surface area (Å²) in [5.41, 5.74) is 3.72. The minimum atomic E-state index is 0.195. The van der Waals surface area contributed by atoms with Crippen LogP contribution in [0, 0.1) is 6.92 Å². The first-order valence-electron chi connectivity index (χ1n) is 5.68. The molecule has 2 rings (SSSR count). The minimum absolute atomic E-state index is 0.195. The Morgan fingerprint density at radius 3 is 2.35 bits per heavy atom. The van der Waals surface area contributed by atoms with E-state index in [-0.39, 0.29) is 5.25 Å². The van der Waals surface area contributed by atoms with Crippen LogP contribution >= 0.6 is 12.6 Å². The molecule has 0 aromatic heterocycles. The van der Waals surface area contributed by atoms with Gasteiger partial charge in [0.15, 0.2) is 0 Å². The van der Waals surface area contributed by atoms with Crippen molar-refractivity contribution in [3.63, 3.8) is 0 Å². The highest BCUT2D eigenvalue weighted by Crippen LogP contribution is 2.27. The summed E-state index contributed by atoms with van der Waals surface area (Å²) in [5, 5.41) is 9.43. The van der Waals surface area contributed by atoms with Crippen molar-refractivity contribution in [2.45, 2.75) is 18.6 Å². The van der Waals surface area contributed by atoms with Crippen LogP contribution in [0.5, 0.6) is 5.75 Å². The first-order chi connectivity index (χ1) is 8.16. The number of phenolic OH excluding ortho intramolecular Hbond substituents is 1. The van der Waals surface area contributed by atoms with Crippen LogP contribution in [0.4, 0.5) is 0 Å². The van der Waals surface area contributed by atoms with Crippen molar-refractivity contribution in [3.05, 3.63) is 65.2 Å². The molecule has 0 aliphatic rings. The van der Waals surface area contributed by atoms with Gasteiger partial charge in [0, 0.05) is 5.25 Å². The van der Waals surface area contributed by atoms with E-state index in [4.69, 9.17) is 0 Å². The fraction of sp³-hybridized carbons (Fsp3) is 0.200. The lowest BCUT2D eigenvalue weighted by molar-refractivity contribution is 0.475. The smallest absolute Gasteiger partial charge is 0.115 e. The standard InChI is InChI=1S/C15H16OS/c1-11-4-2-3-5-14(11)15(17)10-12-6-8-13(16)9-7-12/h2-9,15-17H,10H2,1H3. The van der Waals surface area contributed by atoms with Gasteiger partial charge in [-0.05, 0) is 42.2 Å². The van der Waals surface area contributed by atoms with E-state index >= 15 is 0 Å². The normalized spacial score (nSPS) is 12.4. The molecule has 0 aliphatic carbocycles. The Kier molecular flexibility index (Phi) is 3.75. The van der Waals surface area contributed by atoms with Crippen LogP contribution in [0.2, 0.25) is 0 Å². The maximum absolute atomic E-state index is 9.23. The number of aryl methyl sites for hydroxylation is 1. The molecule has 1 unspecified atom stereocenters. The molecule has 0 saturated heterocycles. The van der Waals surface area contributed by atoms with Crippen LogP contribution in [-0.2, 0) is 6.42 Å². The van der Waals surface area contributed by atoms with Crippen molar-refractivity contribution in [3.8, 4) is 5.75 Å². The molecule has 1 atom stereocenters. The van der Waals surface area contributed by atoms with Crippen LogP contribution in [0.15, 0.2) is 48.5 Å². The summed E-state index contributed by atoms with van der Waals surface area (Å²) in [6.45, 7) is 2.11. The Labute approximate surface area is 108 Å². The van der Waals surface area contributed by atoms with Gasteiger partial charge >= 0.3 is 0 Å². The summed E-state index contributed by atoms with van der Waals surface area (Å²) in [4.78, 5) is 0. The van der Waals surface area contributed by atoms with Gasteiger partial charge in [-0.3, -0.25) is 0 Å². The van der Waals surface area contributed by atoms with E-state index < -0.39 is 0 Å². The van der Waals surface area contributed by atoms with Gasteiger partial charge in [-0.25, -0.2) is 0 Å². The van der Waals surface area contributed by atoms with Crippen LogP contribution < -0.4 is 0 Å². The van der Waals surface area contributed by atoms with Gasteiger partial charge in [-0.1, -0.05) is 36.4 Å². The highest BCUT2D eigenvalue weighted by atomic mass is 32.1. The van der Waals surface area contributed by atoms with E-state index in [1.54, 1.807) is 12.1 Å². The van der Waals surface area contributed by atoms with E-state index in [1.165, 1.54) is 16.7 Å². The zero-order valence-corrected chi connectivity index (χ0v) is 10.7. The Morgan fingerprint density at radius 1 is 1.06 bits per heavy atom. The summed E-state index contributed by atoms with van der Waals surface area (Å²) in [6, 6.07) is 15.6. The predicted molar refractivity (Wildman–Crippen MR) is 74.7 cm³/mol. The lowest BCUT2D eigenvalue weighted by Gasteiger charge is -2.13. The quantitative estimate of drug-likeness (QED) is 0.784. The molecule has 1 nitrogen and oxygen atoms in total. The summed E-state index contributed by atoms with van der Waals surface area (Å²) < 4.78 is 0. The number of benzene rings is 2. The molecule has 2 heteroatoms. The molecule has 1 N–H and O–H groups in total. The van der Waals surface area contributed by atoms with Crippen LogP contribution in [0.25, 0.3) is 0 Å². The van der Waals surface area contributed by atoms with Gasteiger partial charge < -0.3 is 5.11 Å². The van der Waals surface area contributed by atoms with Gasteiger partial charge in [-0.2, -0.15) is 12.6 Å². The average Bonchev–Trinajstić information content (AvgIpc) is 2.32. The Hall–Kier alpha value is -1.41. The van der Waals surface area contributed by atoms with Gasteiger partial charge in [-0.15, -0.1) is 0 Å². The third-order valence-electron chi connectivity index (χ3n) is 2.91. The van der Waals surface area contributed by atoms with Crippen molar-refractivity contribution in [1.82, 2.24) is 0 Å². The molecule has 0 spiro atoms. The Bertz CT molecular complexity index is 491. The number of thiol groups is 1. The first kappa shape index (κ1) is 12.1. The van der Waals surface area contributed by atoms with Crippen LogP contribution in [0.3, 0.4) is 0 Å². The van der Waals surface area contributed by atoms with E-state index in [0.29, 0.717) is 5.75 Å². The van der Waals surface area contributed by atoms with Crippen molar-refractivity contribution >= 4 is 12.6 Å². The molecule has 0 heterocycles. The molecule has 2 aromatic carbocycles. The zero-order valence-electron chi connectivity index (χ0n) is 9.80. The molecule has 2 aromatic rings. The SMILES string of the molecule is Cc1ccccc1C(S)Cc1ccc(O)cc1. The van der Waals surface area contributed by atoms with Crippen molar-refractivity contribution < 1.29 is 5.11 Å². The second kappa shape index (κ2) is 5.28. The van der Waals surface area contributed by atoms with E-state index in [9.17, 15) is 5.11 Å². The summed E-state index contributed by atoms with van der Waals surface area (Å²) in [5.74, 6) is 0.306. The number of phenols is 1. The lowest BCUT2D eigenvalue weighted by atomic mass is 10.00. The van der Waals surface area contributed by atoms with Crippen molar-refractivity contribution in [2.24, 2.45) is 0 Å². The highest BCUT2D eigenvalue weighted by Gasteiger charge is 2.09. The largest absolute Gasteiger partial charge is 0.508 e. The molecule has 88 valence electrons. The fourth-order valence-corrected chi connectivity index (χ4v) is 2.43. The van der Waals surface area contributed by atoms with Gasteiger partial charge in [0.05, 0.1) is 0 Å². The van der Waals surface area contributed by atoms with Gasteiger partial charge in [0.2, 0.25) is 0 Å². The van der Waals surface area contributed by atoms with E-state index in [2.05, 4.69) is 31.7 Å². The monoisotopic (exact) mass is 244 g/mol. The minimum Gasteiger partial charge on any atom is -0.508 e. The molecule has 17 heavy (non-hydrogen) atoms. The van der Waals surface area contributed by atoms with E-state index in [1.807, 2.05) is 24.3 Å². The lowest BCUT2D eigenvalue weighted by Crippen LogP contribution is -1.98. The fourth-order valence-electron chi connectivity index (χ4n) is 1.93. The summed E-state index contributed by atoms with van der Waals surface area (Å²) in [6.07, 6.45) is 0.869. The average molecular weight is 244 g/mol. The number of aromatic hydroxyl groups is 1. The first-order valence-corrected chi connectivity index (χ1v) is 6.20. The Morgan fingerprint density at radius 2 is 1.71 bits per heavy atom. The number of hydrogen-bond donors (Lipinski definition) is 2. The van der Waals surface area contributed by atoms with Gasteiger partial charge in [0.25, 0.3) is 0 Å². The Balaban J connectivity index is 2.14. The van der Waals surface area contributed by atoms with Crippen LogP contribution in [0.1, 0.15) is 21.9 Å². The molecule has 0 bridgehead atoms. The third kappa shape index (κ3) is 3.04. The molecule has 0 fully saturated rings. The number of hydrogen-bond acceptors (Lipinski definition) is 2. The topological polar surface area (TPSA) is 20.2 Å².